The number of nitro groups is 1. The average Bonchev–Trinajstić information content (AvgIpc) is 2.73. The van der Waals surface area contributed by atoms with E-state index in [2.05, 4.69) is 6.07 Å². The summed E-state index contributed by atoms with van der Waals surface area (Å²) in [6.45, 7) is 0. The Morgan fingerprint density at radius 1 is 1.14 bits per heavy atom. The number of ketones is 1. The van der Waals surface area contributed by atoms with E-state index < -0.39 is 10.8 Å². The fourth-order valence-electron chi connectivity index (χ4n) is 4.11. The molecule has 29 heavy (non-hydrogen) atoms. The molecule has 2 aromatic carbocycles. The molecule has 1 atom stereocenters. The average molecular weight is 386 g/mol. The lowest BCUT2D eigenvalue weighted by molar-refractivity contribution is -0.384. The van der Waals surface area contributed by atoms with E-state index in [-0.39, 0.29) is 22.9 Å². The Labute approximate surface area is 167 Å². The third-order valence-corrected chi connectivity index (χ3v) is 5.34. The lowest BCUT2D eigenvalue weighted by atomic mass is 9.75. The van der Waals surface area contributed by atoms with Gasteiger partial charge in [-0.25, -0.2) is 0 Å². The molecule has 0 bridgehead atoms. The molecular weight excluding hydrogens is 368 g/mol. The number of anilines is 1. The molecule has 1 aliphatic carbocycles. The number of non-ortho nitro benzene ring substituents is 1. The summed E-state index contributed by atoms with van der Waals surface area (Å²) in [7, 11) is 0. The summed E-state index contributed by atoms with van der Waals surface area (Å²) >= 11 is 0. The monoisotopic (exact) mass is 386 g/mol. The second-order valence-electron chi connectivity index (χ2n) is 7.00. The van der Waals surface area contributed by atoms with E-state index in [4.69, 9.17) is 5.73 Å². The Morgan fingerprint density at radius 3 is 2.59 bits per heavy atom. The maximum absolute atomic E-state index is 13.0. The molecule has 2 aliphatic rings. The van der Waals surface area contributed by atoms with Gasteiger partial charge in [0.1, 0.15) is 5.82 Å². The van der Waals surface area contributed by atoms with Gasteiger partial charge in [0.05, 0.1) is 28.2 Å². The third-order valence-electron chi connectivity index (χ3n) is 5.34. The van der Waals surface area contributed by atoms with Crippen LogP contribution in [0.1, 0.15) is 30.7 Å². The van der Waals surface area contributed by atoms with Gasteiger partial charge in [-0.3, -0.25) is 19.8 Å². The number of benzene rings is 2. The van der Waals surface area contributed by atoms with Crippen LogP contribution in [0.4, 0.5) is 11.4 Å². The molecule has 4 rings (SSSR count). The van der Waals surface area contributed by atoms with Gasteiger partial charge in [0.25, 0.3) is 5.69 Å². The van der Waals surface area contributed by atoms with Crippen LogP contribution in [-0.2, 0) is 4.79 Å². The van der Waals surface area contributed by atoms with Gasteiger partial charge in [-0.1, -0.05) is 36.4 Å². The number of Topliss-reactive ketones (excluding diaryl/α,β-unsaturated/α-hetero) is 1. The first-order valence-electron chi connectivity index (χ1n) is 9.28. The minimum atomic E-state index is -0.529. The molecule has 7 heteroatoms. The fourth-order valence-corrected chi connectivity index (χ4v) is 4.11. The predicted octanol–water partition coefficient (Wildman–Crippen LogP) is 3.90. The van der Waals surface area contributed by atoms with Crippen LogP contribution in [0, 0.1) is 21.4 Å². The van der Waals surface area contributed by atoms with E-state index in [1.54, 1.807) is 17.0 Å². The van der Waals surface area contributed by atoms with Crippen molar-refractivity contribution in [3.63, 3.8) is 0 Å². The van der Waals surface area contributed by atoms with Crippen LogP contribution in [0.15, 0.2) is 77.3 Å². The minimum absolute atomic E-state index is 0.0178. The lowest BCUT2D eigenvalue weighted by Crippen LogP contribution is -2.38. The van der Waals surface area contributed by atoms with Gasteiger partial charge >= 0.3 is 0 Å². The van der Waals surface area contributed by atoms with E-state index in [9.17, 15) is 20.2 Å². The van der Waals surface area contributed by atoms with Gasteiger partial charge in [0.2, 0.25) is 0 Å². The molecule has 144 valence electrons. The van der Waals surface area contributed by atoms with Crippen molar-refractivity contribution in [2.24, 2.45) is 5.73 Å². The first-order valence-corrected chi connectivity index (χ1v) is 9.28. The van der Waals surface area contributed by atoms with Crippen LogP contribution in [0.2, 0.25) is 0 Å². The highest BCUT2D eigenvalue weighted by molar-refractivity contribution is 6.01. The molecule has 0 saturated carbocycles. The quantitative estimate of drug-likeness (QED) is 0.632. The van der Waals surface area contributed by atoms with Crippen LogP contribution < -0.4 is 10.6 Å². The Morgan fingerprint density at radius 2 is 1.90 bits per heavy atom. The van der Waals surface area contributed by atoms with E-state index in [1.807, 2.05) is 30.3 Å². The molecule has 1 aliphatic heterocycles. The van der Waals surface area contributed by atoms with Crippen molar-refractivity contribution in [3.8, 4) is 6.07 Å². The van der Waals surface area contributed by atoms with Crippen molar-refractivity contribution < 1.29 is 9.72 Å². The number of allylic oxidation sites excluding steroid dienone is 3. The molecule has 1 heterocycles. The van der Waals surface area contributed by atoms with Gasteiger partial charge in [-0.15, -0.1) is 0 Å². The van der Waals surface area contributed by atoms with E-state index in [1.165, 1.54) is 12.1 Å². The number of carbonyl (C=O) groups is 1. The van der Waals surface area contributed by atoms with Crippen LogP contribution in [0.25, 0.3) is 0 Å². The highest BCUT2D eigenvalue weighted by Crippen LogP contribution is 2.46. The first kappa shape index (κ1) is 18.4. The Kier molecular flexibility index (Phi) is 4.61. The van der Waals surface area contributed by atoms with Crippen LogP contribution in [-0.4, -0.2) is 10.7 Å². The molecule has 7 nitrogen and oxygen atoms in total. The van der Waals surface area contributed by atoms with Gasteiger partial charge in [-0.05, 0) is 24.5 Å². The summed E-state index contributed by atoms with van der Waals surface area (Å²) in [5.41, 5.74) is 9.20. The molecule has 0 unspecified atom stereocenters. The third kappa shape index (κ3) is 3.05. The van der Waals surface area contributed by atoms with Crippen molar-refractivity contribution in [2.45, 2.75) is 25.2 Å². The second-order valence-corrected chi connectivity index (χ2v) is 7.00. The molecule has 0 amide bonds. The van der Waals surface area contributed by atoms with E-state index >= 15 is 0 Å². The lowest BCUT2D eigenvalue weighted by Gasteiger charge is -2.39. The smallest absolute Gasteiger partial charge is 0.271 e. The summed E-state index contributed by atoms with van der Waals surface area (Å²) in [6, 6.07) is 17.6. The maximum atomic E-state index is 13.0. The summed E-state index contributed by atoms with van der Waals surface area (Å²) < 4.78 is 0. The first-order chi connectivity index (χ1) is 14.0. The van der Waals surface area contributed by atoms with Crippen LogP contribution in [0.3, 0.4) is 0 Å². The van der Waals surface area contributed by atoms with Gasteiger partial charge in [0, 0.05) is 29.8 Å². The summed E-state index contributed by atoms with van der Waals surface area (Å²) in [6.07, 6.45) is 1.68. The fraction of sp³-hybridized carbons (Fsp3) is 0.182. The number of nitrogens with zero attached hydrogens (tertiary/aromatic N) is 3. The molecule has 2 aromatic rings. The Balaban J connectivity index is 1.96. The highest BCUT2D eigenvalue weighted by Gasteiger charge is 2.40. The number of nitriles is 1. The topological polar surface area (TPSA) is 113 Å². The second kappa shape index (κ2) is 7.24. The van der Waals surface area contributed by atoms with Crippen LogP contribution in [0.5, 0.6) is 0 Å². The molecule has 0 spiro atoms. The predicted molar refractivity (Wildman–Crippen MR) is 107 cm³/mol. The SMILES string of the molecule is N#CC1=C(N)N(c2cccc([N+](=O)[O-])c2)C2=C(C(=O)CCC2)[C@H]1c1ccccc1. The molecule has 0 radical (unpaired) electrons. The maximum Gasteiger partial charge on any atom is 0.271 e. The molecule has 0 aromatic heterocycles. The minimum Gasteiger partial charge on any atom is -0.384 e. The molecule has 2 N–H and O–H groups in total. The van der Waals surface area contributed by atoms with Crippen molar-refractivity contribution in [3.05, 3.63) is 92.9 Å². The number of nitrogens with two attached hydrogens (primary N) is 1. The van der Waals surface area contributed by atoms with Crippen molar-refractivity contribution in [1.82, 2.24) is 0 Å². The Hall–Kier alpha value is -3.92. The summed E-state index contributed by atoms with van der Waals surface area (Å²) in [4.78, 5) is 25.4. The number of hydrogen-bond donors (Lipinski definition) is 1. The van der Waals surface area contributed by atoms with Gasteiger partial charge < -0.3 is 5.73 Å². The van der Waals surface area contributed by atoms with E-state index in [0.717, 1.165) is 5.56 Å². The van der Waals surface area contributed by atoms with Gasteiger partial charge in [-0.2, -0.15) is 5.26 Å². The molecular formula is C22H18N4O3. The van der Waals surface area contributed by atoms with Crippen molar-refractivity contribution in [1.29, 1.82) is 5.26 Å². The standard InChI is InChI=1S/C22H18N4O3/c23-13-17-20(14-6-2-1-3-7-14)21-18(10-5-11-19(21)27)25(22(17)24)15-8-4-9-16(12-15)26(28)29/h1-4,6-9,12,20H,5,10-11,24H2/t20-/m0/s1. The largest absolute Gasteiger partial charge is 0.384 e. The summed E-state index contributed by atoms with van der Waals surface area (Å²) in [5, 5.41) is 21.2. The number of nitro benzene ring substituents is 1. The van der Waals surface area contributed by atoms with Gasteiger partial charge in [0.15, 0.2) is 5.78 Å². The zero-order valence-corrected chi connectivity index (χ0v) is 15.5. The Bertz CT molecular complexity index is 1110. The zero-order valence-electron chi connectivity index (χ0n) is 15.5. The van der Waals surface area contributed by atoms with Crippen LogP contribution >= 0.6 is 0 Å². The normalized spacial score (nSPS) is 19.1. The highest BCUT2D eigenvalue weighted by atomic mass is 16.6. The molecule has 0 fully saturated rings. The number of carbonyl (C=O) groups excluding carboxylic acids is 1. The summed E-state index contributed by atoms with van der Waals surface area (Å²) in [5.74, 6) is -0.343. The van der Waals surface area contributed by atoms with Crippen molar-refractivity contribution >= 4 is 17.2 Å². The molecule has 0 saturated heterocycles. The van der Waals surface area contributed by atoms with Crippen molar-refractivity contribution in [2.75, 3.05) is 4.90 Å². The van der Waals surface area contributed by atoms with E-state index in [0.29, 0.717) is 36.2 Å². The number of hydrogen-bond acceptors (Lipinski definition) is 6. The zero-order chi connectivity index (χ0) is 20.5. The number of rotatable bonds is 3.